The molecule has 3 amide bonds. The molecule has 2 atom stereocenters. The van der Waals surface area contributed by atoms with Gasteiger partial charge >= 0.3 is 5.97 Å². The number of rotatable bonds is 12. The minimum absolute atomic E-state index is 0.0339. The van der Waals surface area contributed by atoms with Gasteiger partial charge in [0, 0.05) is 38.8 Å². The molecule has 0 spiro atoms. The van der Waals surface area contributed by atoms with E-state index >= 15 is 0 Å². The third-order valence-electron chi connectivity index (χ3n) is 5.85. The SMILES string of the molecule is CCN(CC)CCOC(=O)C1=C(COC)CSC2[C@H](NC(=O)C(=NC)c3csc(NC(C)=O)n3)C(=O)N12. The van der Waals surface area contributed by atoms with E-state index in [9.17, 15) is 19.2 Å². The monoisotopic (exact) mass is 552 g/mol. The number of carbonyl (C=O) groups is 4. The fourth-order valence-corrected chi connectivity index (χ4v) is 6.03. The Kier molecular flexibility index (Phi) is 10.2. The van der Waals surface area contributed by atoms with E-state index in [1.807, 2.05) is 13.8 Å². The minimum atomic E-state index is -0.842. The summed E-state index contributed by atoms with van der Waals surface area (Å²) in [6.07, 6.45) is 0. The van der Waals surface area contributed by atoms with Crippen LogP contribution in [0.3, 0.4) is 0 Å². The van der Waals surface area contributed by atoms with Gasteiger partial charge in [0.15, 0.2) is 5.13 Å². The number of anilines is 1. The van der Waals surface area contributed by atoms with Crippen LogP contribution in [0.25, 0.3) is 0 Å². The van der Waals surface area contributed by atoms with Gasteiger partial charge in [-0.3, -0.25) is 24.3 Å². The predicted molar refractivity (Wildman–Crippen MR) is 142 cm³/mol. The van der Waals surface area contributed by atoms with E-state index in [1.165, 1.54) is 37.7 Å². The van der Waals surface area contributed by atoms with Gasteiger partial charge in [0.25, 0.3) is 11.8 Å². The summed E-state index contributed by atoms with van der Waals surface area (Å²) in [6.45, 7) is 8.10. The van der Waals surface area contributed by atoms with Gasteiger partial charge in [-0.15, -0.1) is 23.1 Å². The number of β-lactam (4-membered cyclic amide) rings is 1. The van der Waals surface area contributed by atoms with E-state index in [1.54, 1.807) is 5.38 Å². The second kappa shape index (κ2) is 13.1. The molecule has 2 aliphatic rings. The second-order valence-electron chi connectivity index (χ2n) is 8.20. The van der Waals surface area contributed by atoms with Crippen molar-refractivity contribution in [1.82, 2.24) is 20.1 Å². The number of nitrogens with zero attached hydrogens (tertiary/aromatic N) is 4. The number of nitrogens with one attached hydrogen (secondary N) is 2. The number of fused-ring (bicyclic) bond motifs is 1. The van der Waals surface area contributed by atoms with Gasteiger partial charge in [-0.05, 0) is 18.7 Å². The number of likely N-dealkylation sites (N-methyl/N-ethyl adjacent to an activating group) is 1. The number of hydrogen-bond donors (Lipinski definition) is 2. The Morgan fingerprint density at radius 1 is 1.30 bits per heavy atom. The van der Waals surface area contributed by atoms with Gasteiger partial charge in [0.1, 0.15) is 35.1 Å². The van der Waals surface area contributed by atoms with Crippen LogP contribution in [0.2, 0.25) is 0 Å². The van der Waals surface area contributed by atoms with Gasteiger partial charge in [0.05, 0.1) is 6.61 Å². The van der Waals surface area contributed by atoms with E-state index in [4.69, 9.17) is 9.47 Å². The van der Waals surface area contributed by atoms with E-state index in [-0.39, 0.29) is 36.2 Å². The number of methoxy groups -OCH3 is 1. The van der Waals surface area contributed by atoms with Gasteiger partial charge in [0.2, 0.25) is 5.91 Å². The number of amides is 3. The summed E-state index contributed by atoms with van der Waals surface area (Å²) in [6, 6.07) is -0.842. The maximum atomic E-state index is 13.1. The Balaban J connectivity index is 1.70. The number of thiazole rings is 1. The van der Waals surface area contributed by atoms with Gasteiger partial charge in [-0.1, -0.05) is 13.8 Å². The van der Waals surface area contributed by atoms with Crippen molar-refractivity contribution in [2.45, 2.75) is 32.2 Å². The molecule has 0 bridgehead atoms. The summed E-state index contributed by atoms with van der Waals surface area (Å²) in [7, 11) is 2.97. The van der Waals surface area contributed by atoms with E-state index in [0.29, 0.717) is 23.0 Å². The molecule has 1 unspecified atom stereocenters. The highest BCUT2D eigenvalue weighted by Crippen LogP contribution is 2.40. The number of aliphatic imine (C=N–C) groups is 1. The van der Waals surface area contributed by atoms with Gasteiger partial charge in [-0.2, -0.15) is 0 Å². The first kappa shape index (κ1) is 28.8. The fraction of sp³-hybridized carbons (Fsp3) is 0.565. The molecule has 1 saturated heterocycles. The summed E-state index contributed by atoms with van der Waals surface area (Å²) >= 11 is 2.59. The van der Waals surface area contributed by atoms with Crippen molar-refractivity contribution in [3.63, 3.8) is 0 Å². The standard InChI is InChI=1S/C23H32N6O6S2/c1-6-28(7-2)8-9-35-22(33)18-14(10-34-5)11-36-21-17(20(32)29(18)21)27-19(31)16(24-4)15-12-37-23(26-15)25-13(3)30/h12,17,21H,6-11H2,1-5H3,(H,27,31)(H,25,26,30)/t17-,21?/m1/s1. The highest BCUT2D eigenvalue weighted by Gasteiger charge is 2.54. The van der Waals surface area contributed by atoms with Crippen LogP contribution in [0.4, 0.5) is 5.13 Å². The number of hydrogen-bond acceptors (Lipinski definition) is 11. The smallest absolute Gasteiger partial charge is 0.355 e. The van der Waals surface area contributed by atoms with Crippen LogP contribution in [-0.4, -0.2) is 108 Å². The molecule has 3 heterocycles. The lowest BCUT2D eigenvalue weighted by atomic mass is 10.0. The first-order valence-corrected chi connectivity index (χ1v) is 13.7. The van der Waals surface area contributed by atoms with Crippen LogP contribution in [-0.2, 0) is 28.7 Å². The predicted octanol–water partition coefficient (Wildman–Crippen LogP) is 0.706. The number of ether oxygens (including phenoxy) is 2. The van der Waals surface area contributed by atoms with Crippen molar-refractivity contribution in [3.05, 3.63) is 22.3 Å². The normalized spacial score (nSPS) is 19.5. The highest BCUT2D eigenvalue weighted by molar-refractivity contribution is 8.00. The molecule has 0 saturated carbocycles. The lowest BCUT2D eigenvalue weighted by molar-refractivity contribution is -0.152. The van der Waals surface area contributed by atoms with Crippen molar-refractivity contribution >= 4 is 57.6 Å². The zero-order valence-electron chi connectivity index (χ0n) is 21.5. The lowest BCUT2D eigenvalue weighted by Crippen LogP contribution is -2.71. The number of esters is 1. The van der Waals surface area contributed by atoms with Crippen LogP contribution >= 0.6 is 23.1 Å². The number of carbonyl (C=O) groups excluding carboxylic acids is 4. The molecule has 2 N–H and O–H groups in total. The molecule has 2 aliphatic heterocycles. The molecule has 12 nitrogen and oxygen atoms in total. The van der Waals surface area contributed by atoms with Crippen LogP contribution in [0.15, 0.2) is 21.6 Å². The van der Waals surface area contributed by atoms with Crippen molar-refractivity contribution < 1.29 is 28.7 Å². The average Bonchev–Trinajstić information content (AvgIpc) is 3.32. The topological polar surface area (TPSA) is 143 Å². The van der Waals surface area contributed by atoms with E-state index in [2.05, 4.69) is 25.5 Å². The quantitative estimate of drug-likeness (QED) is 0.218. The third-order valence-corrected chi connectivity index (χ3v) is 7.95. The zero-order valence-corrected chi connectivity index (χ0v) is 23.2. The van der Waals surface area contributed by atoms with Crippen LogP contribution in [0.5, 0.6) is 0 Å². The van der Waals surface area contributed by atoms with Crippen LogP contribution in [0, 0.1) is 0 Å². The minimum Gasteiger partial charge on any atom is -0.460 e. The summed E-state index contributed by atoms with van der Waals surface area (Å²) < 4.78 is 10.8. The maximum Gasteiger partial charge on any atom is 0.355 e. The molecule has 0 radical (unpaired) electrons. The Morgan fingerprint density at radius 2 is 2.03 bits per heavy atom. The van der Waals surface area contributed by atoms with Crippen molar-refractivity contribution in [2.75, 3.05) is 58.1 Å². The maximum absolute atomic E-state index is 13.1. The zero-order chi connectivity index (χ0) is 27.1. The highest BCUT2D eigenvalue weighted by atomic mass is 32.2. The Morgan fingerprint density at radius 3 is 2.65 bits per heavy atom. The lowest BCUT2D eigenvalue weighted by Gasteiger charge is -2.49. The first-order valence-electron chi connectivity index (χ1n) is 11.8. The molecule has 1 aromatic rings. The summed E-state index contributed by atoms with van der Waals surface area (Å²) in [5.74, 6) is -1.39. The summed E-state index contributed by atoms with van der Waals surface area (Å²) in [5, 5.41) is 6.76. The van der Waals surface area contributed by atoms with Gasteiger partial charge < -0.3 is 25.0 Å². The molecule has 37 heavy (non-hydrogen) atoms. The molecule has 3 rings (SSSR count). The molecule has 202 valence electrons. The molecule has 0 aliphatic carbocycles. The molecular formula is C23H32N6O6S2. The molecule has 1 fully saturated rings. The van der Waals surface area contributed by atoms with E-state index < -0.39 is 29.2 Å². The van der Waals surface area contributed by atoms with Crippen molar-refractivity contribution in [1.29, 1.82) is 0 Å². The fourth-order valence-electron chi connectivity index (χ4n) is 3.97. The van der Waals surface area contributed by atoms with Crippen LogP contribution in [0.1, 0.15) is 26.5 Å². The van der Waals surface area contributed by atoms with Gasteiger partial charge in [-0.25, -0.2) is 9.78 Å². The first-order chi connectivity index (χ1) is 17.7. The summed E-state index contributed by atoms with van der Waals surface area (Å²) in [5.41, 5.74) is 1.17. The molecule has 14 heteroatoms. The Hall–Kier alpha value is -2.81. The van der Waals surface area contributed by atoms with Crippen molar-refractivity contribution in [2.24, 2.45) is 4.99 Å². The number of aromatic nitrogens is 1. The molecule has 0 aromatic carbocycles. The van der Waals surface area contributed by atoms with Crippen LogP contribution < -0.4 is 10.6 Å². The summed E-state index contributed by atoms with van der Waals surface area (Å²) in [4.78, 5) is 62.2. The Labute approximate surface area is 223 Å². The Bertz CT molecular complexity index is 1100. The van der Waals surface area contributed by atoms with Crippen molar-refractivity contribution in [3.8, 4) is 0 Å². The second-order valence-corrected chi connectivity index (χ2v) is 10.2. The molecular weight excluding hydrogens is 520 g/mol. The third kappa shape index (κ3) is 6.55. The number of thioether (sulfide) groups is 1. The molecule has 1 aromatic heterocycles. The largest absolute Gasteiger partial charge is 0.460 e. The van der Waals surface area contributed by atoms with E-state index in [0.717, 1.165) is 24.4 Å². The average molecular weight is 553 g/mol.